The lowest BCUT2D eigenvalue weighted by Gasteiger charge is -2.06. The van der Waals surface area contributed by atoms with Crippen molar-refractivity contribution in [2.24, 2.45) is 5.10 Å². The monoisotopic (exact) mass is 439 g/mol. The zero-order chi connectivity index (χ0) is 17.4. The predicted molar refractivity (Wildman–Crippen MR) is 99.2 cm³/mol. The Morgan fingerprint density at radius 2 is 1.71 bits per heavy atom. The summed E-state index contributed by atoms with van der Waals surface area (Å²) in [6.45, 7) is 0. The van der Waals surface area contributed by atoms with Crippen molar-refractivity contribution in [2.75, 3.05) is 5.32 Å². The fourth-order valence-corrected chi connectivity index (χ4v) is 2.31. The largest absolute Gasteiger partial charge is 0.325 e. The smallest absolute Gasteiger partial charge is 0.240 e. The van der Waals surface area contributed by atoms with Gasteiger partial charge in [0.2, 0.25) is 11.8 Å². The molecule has 0 aliphatic carbocycles. The van der Waals surface area contributed by atoms with Gasteiger partial charge in [-0.25, -0.2) is 9.82 Å². The predicted octanol–water partition coefficient (Wildman–Crippen LogP) is 3.30. The number of hydrazone groups is 1. The highest BCUT2D eigenvalue weighted by Gasteiger charge is 2.08. The van der Waals surface area contributed by atoms with Crippen LogP contribution in [0, 0.1) is 9.39 Å². The highest BCUT2D eigenvalue weighted by molar-refractivity contribution is 14.1. The Morgan fingerprint density at radius 1 is 1.04 bits per heavy atom. The number of para-hydroxylation sites is 1. The molecular weight excluding hydrogens is 424 g/mol. The summed E-state index contributed by atoms with van der Waals surface area (Å²) in [4.78, 5) is 23.5. The summed E-state index contributed by atoms with van der Waals surface area (Å²) in [5, 5.41) is 6.52. The number of hydrogen-bond donors (Lipinski definition) is 2. The quantitative estimate of drug-likeness (QED) is 0.412. The number of nitrogens with zero attached hydrogens (tertiary/aromatic N) is 1. The van der Waals surface area contributed by atoms with Gasteiger partial charge >= 0.3 is 0 Å². The van der Waals surface area contributed by atoms with Gasteiger partial charge in [0.15, 0.2) is 0 Å². The van der Waals surface area contributed by atoms with Crippen LogP contribution in [0.15, 0.2) is 53.6 Å². The van der Waals surface area contributed by atoms with Gasteiger partial charge in [0.05, 0.1) is 11.9 Å². The van der Waals surface area contributed by atoms with Gasteiger partial charge in [-0.2, -0.15) is 5.10 Å². The Balaban J connectivity index is 1.73. The lowest BCUT2D eigenvalue weighted by Crippen LogP contribution is -2.20. The number of halogens is 2. The van der Waals surface area contributed by atoms with Gasteiger partial charge in [-0.3, -0.25) is 9.59 Å². The van der Waals surface area contributed by atoms with Crippen LogP contribution in [-0.2, 0) is 9.59 Å². The number of carbonyl (C=O) groups is 2. The van der Waals surface area contributed by atoms with E-state index in [1.807, 2.05) is 18.2 Å². The molecule has 0 saturated carbocycles. The molecule has 7 heteroatoms. The summed E-state index contributed by atoms with van der Waals surface area (Å²) in [6, 6.07) is 13.1. The maximum absolute atomic E-state index is 12.7. The standard InChI is InChI=1S/C17H15FIN3O2/c18-13-7-5-12(6-8-13)11-20-22-17(24)10-9-16(23)21-15-4-2-1-3-14(15)19/h1-8,11H,9-10H2,(H,21,23)(H,22,24). The first kappa shape index (κ1) is 18.1. The second kappa shape index (κ2) is 9.11. The molecule has 0 heterocycles. The average Bonchev–Trinajstić information content (AvgIpc) is 2.57. The zero-order valence-corrected chi connectivity index (χ0v) is 14.8. The number of amides is 2. The molecule has 0 radical (unpaired) electrons. The van der Waals surface area contributed by atoms with Gasteiger partial charge < -0.3 is 5.32 Å². The van der Waals surface area contributed by atoms with Crippen LogP contribution in [0.3, 0.4) is 0 Å². The molecule has 0 saturated heterocycles. The number of rotatable bonds is 6. The molecule has 0 fully saturated rings. The first-order valence-electron chi connectivity index (χ1n) is 7.16. The van der Waals surface area contributed by atoms with Crippen molar-refractivity contribution in [3.63, 3.8) is 0 Å². The Hall–Kier alpha value is -2.29. The third-order valence-electron chi connectivity index (χ3n) is 3.00. The molecule has 0 unspecified atom stereocenters. The molecule has 0 aliphatic rings. The van der Waals surface area contributed by atoms with E-state index in [-0.39, 0.29) is 30.5 Å². The molecule has 0 atom stereocenters. The lowest BCUT2D eigenvalue weighted by atomic mass is 10.2. The molecule has 2 rings (SSSR count). The summed E-state index contributed by atoms with van der Waals surface area (Å²) in [5.74, 6) is -0.946. The number of hydrogen-bond acceptors (Lipinski definition) is 3. The summed E-state index contributed by atoms with van der Waals surface area (Å²) in [5.41, 5.74) is 3.71. The normalized spacial score (nSPS) is 10.6. The van der Waals surface area contributed by atoms with Crippen LogP contribution in [-0.4, -0.2) is 18.0 Å². The molecule has 2 aromatic carbocycles. The zero-order valence-electron chi connectivity index (χ0n) is 12.6. The summed E-state index contributed by atoms with van der Waals surface area (Å²) < 4.78 is 13.7. The summed E-state index contributed by atoms with van der Waals surface area (Å²) >= 11 is 2.12. The first-order valence-corrected chi connectivity index (χ1v) is 8.24. The van der Waals surface area contributed by atoms with Crippen LogP contribution in [0.5, 0.6) is 0 Å². The summed E-state index contributed by atoms with van der Waals surface area (Å²) in [6.07, 6.45) is 1.49. The molecular formula is C17H15FIN3O2. The van der Waals surface area contributed by atoms with Crippen LogP contribution in [0.2, 0.25) is 0 Å². The van der Waals surface area contributed by atoms with Crippen LogP contribution in [0.1, 0.15) is 18.4 Å². The molecule has 5 nitrogen and oxygen atoms in total. The second-order valence-electron chi connectivity index (χ2n) is 4.87. The van der Waals surface area contributed by atoms with E-state index in [1.54, 1.807) is 18.2 Å². The maximum Gasteiger partial charge on any atom is 0.240 e. The highest BCUT2D eigenvalue weighted by Crippen LogP contribution is 2.17. The van der Waals surface area contributed by atoms with Crippen molar-refractivity contribution in [1.82, 2.24) is 5.43 Å². The number of carbonyl (C=O) groups excluding carboxylic acids is 2. The molecule has 0 aromatic heterocycles. The van der Waals surface area contributed by atoms with E-state index in [1.165, 1.54) is 18.3 Å². The van der Waals surface area contributed by atoms with E-state index in [9.17, 15) is 14.0 Å². The minimum absolute atomic E-state index is 0.0238. The summed E-state index contributed by atoms with van der Waals surface area (Å²) in [7, 11) is 0. The van der Waals surface area contributed by atoms with E-state index in [4.69, 9.17) is 0 Å². The average molecular weight is 439 g/mol. The Morgan fingerprint density at radius 3 is 2.42 bits per heavy atom. The van der Waals surface area contributed by atoms with E-state index < -0.39 is 0 Å². The maximum atomic E-state index is 12.7. The van der Waals surface area contributed by atoms with Gasteiger partial charge in [0, 0.05) is 16.4 Å². The van der Waals surface area contributed by atoms with Gasteiger partial charge in [-0.1, -0.05) is 24.3 Å². The topological polar surface area (TPSA) is 70.6 Å². The van der Waals surface area contributed by atoms with E-state index in [0.717, 1.165) is 9.26 Å². The van der Waals surface area contributed by atoms with Crippen molar-refractivity contribution in [3.05, 3.63) is 63.5 Å². The van der Waals surface area contributed by atoms with E-state index in [0.29, 0.717) is 5.56 Å². The van der Waals surface area contributed by atoms with E-state index in [2.05, 4.69) is 38.4 Å². The molecule has 124 valence electrons. The minimum Gasteiger partial charge on any atom is -0.325 e. The third-order valence-corrected chi connectivity index (χ3v) is 3.94. The molecule has 0 spiro atoms. The minimum atomic E-state index is -0.369. The molecule has 0 bridgehead atoms. The molecule has 2 N–H and O–H groups in total. The van der Waals surface area contributed by atoms with Crippen molar-refractivity contribution >= 4 is 46.3 Å². The third kappa shape index (κ3) is 6.07. The number of benzene rings is 2. The number of nitrogens with one attached hydrogen (secondary N) is 2. The van der Waals surface area contributed by atoms with Crippen LogP contribution >= 0.6 is 22.6 Å². The fraction of sp³-hybridized carbons (Fsp3) is 0.118. The Bertz CT molecular complexity index is 748. The van der Waals surface area contributed by atoms with Gasteiger partial charge in [-0.05, 0) is 52.4 Å². The van der Waals surface area contributed by atoms with Crippen molar-refractivity contribution in [1.29, 1.82) is 0 Å². The van der Waals surface area contributed by atoms with Crippen LogP contribution < -0.4 is 10.7 Å². The van der Waals surface area contributed by atoms with Crippen LogP contribution in [0.4, 0.5) is 10.1 Å². The van der Waals surface area contributed by atoms with Crippen molar-refractivity contribution < 1.29 is 14.0 Å². The van der Waals surface area contributed by atoms with Gasteiger partial charge in [-0.15, -0.1) is 0 Å². The van der Waals surface area contributed by atoms with Gasteiger partial charge in [0.25, 0.3) is 0 Å². The SMILES string of the molecule is O=C(CCC(=O)Nc1ccccc1I)NN=Cc1ccc(F)cc1. The van der Waals surface area contributed by atoms with E-state index >= 15 is 0 Å². The fourth-order valence-electron chi connectivity index (χ4n) is 1.79. The molecule has 0 aliphatic heterocycles. The van der Waals surface area contributed by atoms with Crippen molar-refractivity contribution in [2.45, 2.75) is 12.8 Å². The van der Waals surface area contributed by atoms with Crippen LogP contribution in [0.25, 0.3) is 0 Å². The van der Waals surface area contributed by atoms with Crippen molar-refractivity contribution in [3.8, 4) is 0 Å². The highest BCUT2D eigenvalue weighted by atomic mass is 127. The molecule has 24 heavy (non-hydrogen) atoms. The second-order valence-corrected chi connectivity index (χ2v) is 6.03. The van der Waals surface area contributed by atoms with Gasteiger partial charge in [0.1, 0.15) is 5.82 Å². The molecule has 2 aromatic rings. The number of anilines is 1. The first-order chi connectivity index (χ1) is 11.5. The Kier molecular flexibility index (Phi) is 6.86. The lowest BCUT2D eigenvalue weighted by molar-refractivity contribution is -0.124. The Labute approximate surface area is 152 Å². The molecule has 2 amide bonds.